The van der Waals surface area contributed by atoms with Crippen molar-refractivity contribution in [3.8, 4) is 17.2 Å². The number of hydrogen-bond acceptors (Lipinski definition) is 6. The normalized spacial score (nSPS) is 10.8. The van der Waals surface area contributed by atoms with Crippen LogP contribution in [0.15, 0.2) is 27.4 Å². The van der Waals surface area contributed by atoms with E-state index in [4.69, 9.17) is 19.0 Å². The predicted octanol–water partition coefficient (Wildman–Crippen LogP) is 3.31. The minimum absolute atomic E-state index is 0.0979. The molecule has 2 N–H and O–H groups in total. The molecule has 0 saturated carbocycles. The molecule has 0 unspecified atom stereocenters. The number of hydrogen-bond donors (Lipinski definition) is 2. The fraction of sp³-hybridized carbons (Fsp3) is 0.444. The predicted molar refractivity (Wildman–Crippen MR) is 91.5 cm³/mol. The van der Waals surface area contributed by atoms with E-state index in [1.165, 1.54) is 18.2 Å². The second kappa shape index (κ2) is 8.96. The Morgan fingerprint density at radius 2 is 1.92 bits per heavy atom. The molecule has 2 aromatic rings. The van der Waals surface area contributed by atoms with E-state index in [2.05, 4.69) is 6.92 Å². The summed E-state index contributed by atoms with van der Waals surface area (Å²) in [5.41, 5.74) is -0.686. The van der Waals surface area contributed by atoms with Gasteiger partial charge in [-0.05, 0) is 18.6 Å². The number of fused-ring (bicyclic) bond motifs is 1. The molecule has 0 aliphatic carbocycles. The van der Waals surface area contributed by atoms with Gasteiger partial charge in [0.2, 0.25) is 5.75 Å². The number of aliphatic carboxylic acids is 1. The first-order chi connectivity index (χ1) is 12.0. The van der Waals surface area contributed by atoms with Crippen molar-refractivity contribution in [1.82, 2.24) is 0 Å². The Kier molecular flexibility index (Phi) is 6.68. The van der Waals surface area contributed by atoms with E-state index in [-0.39, 0.29) is 22.8 Å². The van der Waals surface area contributed by atoms with Crippen LogP contribution >= 0.6 is 0 Å². The molecule has 7 nitrogen and oxygen atoms in total. The number of unbranched alkanes of at least 4 members (excludes halogenated alkanes) is 4. The number of carbonyl (C=O) groups is 1. The highest BCUT2D eigenvalue weighted by atomic mass is 16.5. The molecule has 0 radical (unpaired) electrons. The van der Waals surface area contributed by atoms with Crippen LogP contribution in [-0.4, -0.2) is 29.4 Å². The maximum absolute atomic E-state index is 12.0. The van der Waals surface area contributed by atoms with E-state index in [1.807, 2.05) is 0 Å². The van der Waals surface area contributed by atoms with E-state index < -0.39 is 18.2 Å². The molecule has 1 aromatic carbocycles. The topological polar surface area (TPSA) is 106 Å². The number of ether oxygens (including phenoxy) is 2. The van der Waals surface area contributed by atoms with E-state index in [1.54, 1.807) is 0 Å². The summed E-state index contributed by atoms with van der Waals surface area (Å²) in [7, 11) is 0. The molecule has 0 aliphatic rings. The molecule has 7 heteroatoms. The first-order valence-electron chi connectivity index (χ1n) is 8.30. The summed E-state index contributed by atoms with van der Waals surface area (Å²) < 4.78 is 15.6. The zero-order chi connectivity index (χ0) is 18.2. The Morgan fingerprint density at radius 1 is 1.16 bits per heavy atom. The van der Waals surface area contributed by atoms with Crippen molar-refractivity contribution in [2.45, 2.75) is 39.0 Å². The molecule has 0 bridgehead atoms. The molecule has 136 valence electrons. The highest BCUT2D eigenvalue weighted by molar-refractivity contribution is 5.86. The van der Waals surface area contributed by atoms with Gasteiger partial charge >= 0.3 is 11.6 Å². The van der Waals surface area contributed by atoms with Crippen LogP contribution in [-0.2, 0) is 4.79 Å². The Balaban J connectivity index is 2.10. The van der Waals surface area contributed by atoms with E-state index in [0.717, 1.165) is 32.1 Å². The van der Waals surface area contributed by atoms with Gasteiger partial charge in [0.1, 0.15) is 11.3 Å². The minimum Gasteiger partial charge on any atom is -0.504 e. The molecule has 0 spiro atoms. The average molecular weight is 350 g/mol. The Bertz CT molecular complexity index is 779. The van der Waals surface area contributed by atoms with Crippen molar-refractivity contribution >= 4 is 16.9 Å². The van der Waals surface area contributed by atoms with Gasteiger partial charge in [-0.1, -0.05) is 32.6 Å². The van der Waals surface area contributed by atoms with Gasteiger partial charge < -0.3 is 24.1 Å². The summed E-state index contributed by atoms with van der Waals surface area (Å²) in [4.78, 5) is 22.5. The van der Waals surface area contributed by atoms with Gasteiger partial charge in [0.15, 0.2) is 12.4 Å². The quantitative estimate of drug-likeness (QED) is 0.500. The van der Waals surface area contributed by atoms with Gasteiger partial charge in [-0.2, -0.15) is 0 Å². The summed E-state index contributed by atoms with van der Waals surface area (Å²) in [5.74, 6) is -1.39. The molecule has 1 aromatic heterocycles. The smallest absolute Gasteiger partial charge is 0.383 e. The molecular formula is C18H22O7. The first-order valence-corrected chi connectivity index (χ1v) is 8.30. The lowest BCUT2D eigenvalue weighted by atomic mass is 10.2. The van der Waals surface area contributed by atoms with Crippen molar-refractivity contribution in [1.29, 1.82) is 0 Å². The molecule has 2 rings (SSSR count). The van der Waals surface area contributed by atoms with E-state index >= 15 is 0 Å². The molecule has 1 heterocycles. The van der Waals surface area contributed by atoms with Crippen LogP contribution in [0, 0.1) is 0 Å². The second-order valence-corrected chi connectivity index (χ2v) is 5.67. The average Bonchev–Trinajstić information content (AvgIpc) is 2.58. The van der Waals surface area contributed by atoms with Gasteiger partial charge in [-0.25, -0.2) is 9.59 Å². The highest BCUT2D eigenvalue weighted by Gasteiger charge is 2.16. The van der Waals surface area contributed by atoms with Gasteiger partial charge in [-0.3, -0.25) is 0 Å². The molecule has 0 saturated heterocycles. The number of carboxylic acid groups (broad SMARTS) is 1. The molecule has 0 aliphatic heterocycles. The van der Waals surface area contributed by atoms with E-state index in [0.29, 0.717) is 12.0 Å². The molecular weight excluding hydrogens is 328 g/mol. The highest BCUT2D eigenvalue weighted by Crippen LogP contribution is 2.33. The summed E-state index contributed by atoms with van der Waals surface area (Å²) in [6.45, 7) is 1.95. The summed E-state index contributed by atoms with van der Waals surface area (Å²) in [6, 6.07) is 4.33. The molecule has 0 atom stereocenters. The van der Waals surface area contributed by atoms with Crippen molar-refractivity contribution in [2.75, 3.05) is 13.2 Å². The maximum atomic E-state index is 12.0. The SMILES string of the molecule is CCCCCCCOc1c(O)c2ccc(OCC(=O)O)cc2oc1=O. The maximum Gasteiger partial charge on any atom is 0.383 e. The third kappa shape index (κ3) is 5.14. The number of aromatic hydroxyl groups is 1. The van der Waals surface area contributed by atoms with Gasteiger partial charge in [-0.15, -0.1) is 0 Å². The zero-order valence-electron chi connectivity index (χ0n) is 14.1. The van der Waals surface area contributed by atoms with Crippen molar-refractivity contribution < 1.29 is 28.9 Å². The molecule has 0 amide bonds. The van der Waals surface area contributed by atoms with Crippen LogP contribution < -0.4 is 15.1 Å². The summed E-state index contributed by atoms with van der Waals surface area (Å²) in [5, 5.41) is 19.2. The van der Waals surface area contributed by atoms with Crippen molar-refractivity contribution in [3.05, 3.63) is 28.6 Å². The third-order valence-corrected chi connectivity index (χ3v) is 3.67. The van der Waals surface area contributed by atoms with Gasteiger partial charge in [0.25, 0.3) is 0 Å². The monoisotopic (exact) mass is 350 g/mol. The van der Waals surface area contributed by atoms with Crippen LogP contribution in [0.5, 0.6) is 17.2 Å². The zero-order valence-corrected chi connectivity index (χ0v) is 14.1. The standard InChI is InChI=1S/C18H22O7/c1-2-3-4-5-6-9-23-17-16(21)13-8-7-12(24-11-15(19)20)10-14(13)25-18(17)22/h7-8,10,21H,2-6,9,11H2,1H3,(H,19,20). The number of benzene rings is 1. The van der Waals surface area contributed by atoms with Crippen LogP contribution in [0.2, 0.25) is 0 Å². The number of rotatable bonds is 10. The lowest BCUT2D eigenvalue weighted by molar-refractivity contribution is -0.139. The van der Waals surface area contributed by atoms with Crippen molar-refractivity contribution in [2.24, 2.45) is 0 Å². The van der Waals surface area contributed by atoms with Gasteiger partial charge in [0, 0.05) is 6.07 Å². The largest absolute Gasteiger partial charge is 0.504 e. The fourth-order valence-electron chi connectivity index (χ4n) is 2.39. The second-order valence-electron chi connectivity index (χ2n) is 5.67. The van der Waals surface area contributed by atoms with Crippen LogP contribution in [0.3, 0.4) is 0 Å². The molecule has 25 heavy (non-hydrogen) atoms. The van der Waals surface area contributed by atoms with E-state index in [9.17, 15) is 14.7 Å². The lowest BCUT2D eigenvalue weighted by Gasteiger charge is -2.09. The van der Waals surface area contributed by atoms with Crippen LogP contribution in [0.4, 0.5) is 0 Å². The number of carboxylic acids is 1. The summed E-state index contributed by atoms with van der Waals surface area (Å²) >= 11 is 0. The van der Waals surface area contributed by atoms with Crippen LogP contribution in [0.25, 0.3) is 11.0 Å². The minimum atomic E-state index is -1.12. The van der Waals surface area contributed by atoms with Crippen LogP contribution in [0.1, 0.15) is 39.0 Å². The van der Waals surface area contributed by atoms with Gasteiger partial charge in [0.05, 0.1) is 12.0 Å². The Labute approximate surface area is 144 Å². The summed E-state index contributed by atoms with van der Waals surface area (Å²) in [6.07, 6.45) is 5.21. The third-order valence-electron chi connectivity index (χ3n) is 3.67. The Morgan fingerprint density at radius 3 is 2.64 bits per heavy atom. The van der Waals surface area contributed by atoms with Crippen molar-refractivity contribution in [3.63, 3.8) is 0 Å². The first kappa shape index (κ1) is 18.6. The molecule has 0 fully saturated rings. The fourth-order valence-corrected chi connectivity index (χ4v) is 2.39. The lowest BCUT2D eigenvalue weighted by Crippen LogP contribution is -2.10. The Hall–Kier alpha value is -2.70.